The second-order valence-corrected chi connectivity index (χ2v) is 12.2. The van der Waals surface area contributed by atoms with Gasteiger partial charge in [-0.05, 0) is 44.4 Å². The number of hydrogen-bond donors (Lipinski definition) is 4. The maximum absolute atomic E-state index is 13.8. The van der Waals surface area contributed by atoms with Crippen molar-refractivity contribution < 1.29 is 28.7 Å². The van der Waals surface area contributed by atoms with Crippen LogP contribution in [0.3, 0.4) is 0 Å². The smallest absolute Gasteiger partial charge is 0.255 e. The zero-order valence-electron chi connectivity index (χ0n) is 25.7. The molecule has 3 atom stereocenters. The van der Waals surface area contributed by atoms with Gasteiger partial charge >= 0.3 is 0 Å². The van der Waals surface area contributed by atoms with Crippen LogP contribution >= 0.6 is 0 Å². The van der Waals surface area contributed by atoms with Gasteiger partial charge in [0.1, 0.15) is 30.0 Å². The van der Waals surface area contributed by atoms with Crippen LogP contribution in [-0.2, 0) is 19.2 Å². The van der Waals surface area contributed by atoms with E-state index in [1.807, 2.05) is 13.8 Å². The molecule has 2 aliphatic heterocycles. The maximum Gasteiger partial charge on any atom is 0.255 e. The fourth-order valence-corrected chi connectivity index (χ4v) is 6.02. The van der Waals surface area contributed by atoms with Gasteiger partial charge < -0.3 is 35.8 Å². The minimum Gasteiger partial charge on any atom is -0.491 e. The summed E-state index contributed by atoms with van der Waals surface area (Å²) in [7, 11) is 0. The predicted octanol–water partition coefficient (Wildman–Crippen LogP) is 0.806. The molecule has 0 bridgehead atoms. The van der Waals surface area contributed by atoms with E-state index in [4.69, 9.17) is 4.74 Å². The van der Waals surface area contributed by atoms with Gasteiger partial charge in [0.15, 0.2) is 0 Å². The highest BCUT2D eigenvalue weighted by molar-refractivity contribution is 6.01. The molecular weight excluding hydrogens is 552 g/mol. The number of carbonyl (C=O) groups is 5. The van der Waals surface area contributed by atoms with Gasteiger partial charge in [-0.25, -0.2) is 0 Å². The molecule has 1 spiro atoms. The Hall–Kier alpha value is -3.67. The lowest BCUT2D eigenvalue weighted by atomic mass is 9.93. The SMILES string of the molecule is CCN1CCN(C(=O)[C@@H]2CC(=O)NC3(CCCC3)C(=O)N[C@H](C(C)C)C(=O)N[C@@H](C)COc3ccccc3C(=O)N2)CC1. The molecular formula is C31H46N6O6. The van der Waals surface area contributed by atoms with Crippen LogP contribution in [-0.4, -0.2) is 102 Å². The number of nitrogens with zero attached hydrogens (tertiary/aromatic N) is 2. The first kappa shape index (κ1) is 32.2. The van der Waals surface area contributed by atoms with Crippen molar-refractivity contribution in [3.8, 4) is 5.75 Å². The third-order valence-corrected chi connectivity index (χ3v) is 8.64. The molecule has 1 saturated heterocycles. The topological polar surface area (TPSA) is 149 Å². The van der Waals surface area contributed by atoms with E-state index < -0.39 is 41.4 Å². The number of likely N-dealkylation sites (N-methyl/N-ethyl adjacent to an activating group) is 1. The first-order chi connectivity index (χ1) is 20.5. The van der Waals surface area contributed by atoms with Crippen LogP contribution in [0.15, 0.2) is 24.3 Å². The molecule has 3 aliphatic rings. The number of hydrogen-bond acceptors (Lipinski definition) is 7. The number of fused-ring (bicyclic) bond motifs is 1. The predicted molar refractivity (Wildman–Crippen MR) is 160 cm³/mol. The van der Waals surface area contributed by atoms with Crippen LogP contribution in [0.2, 0.25) is 0 Å². The summed E-state index contributed by atoms with van der Waals surface area (Å²) in [5.41, 5.74) is -0.993. The zero-order valence-corrected chi connectivity index (χ0v) is 25.7. The Labute approximate surface area is 253 Å². The van der Waals surface area contributed by atoms with Gasteiger partial charge in [0.05, 0.1) is 18.0 Å². The summed E-state index contributed by atoms with van der Waals surface area (Å²) in [4.78, 5) is 71.8. The molecule has 1 aromatic rings. The second-order valence-electron chi connectivity index (χ2n) is 12.2. The molecule has 0 unspecified atom stereocenters. The van der Waals surface area contributed by atoms with Crippen molar-refractivity contribution in [3.05, 3.63) is 29.8 Å². The number of benzene rings is 1. The van der Waals surface area contributed by atoms with Crippen molar-refractivity contribution in [2.75, 3.05) is 39.3 Å². The molecule has 236 valence electrons. The summed E-state index contributed by atoms with van der Waals surface area (Å²) in [5, 5.41) is 11.5. The van der Waals surface area contributed by atoms with Gasteiger partial charge in [0.25, 0.3) is 5.91 Å². The van der Waals surface area contributed by atoms with Crippen LogP contribution in [0.5, 0.6) is 5.75 Å². The Kier molecular flexibility index (Phi) is 10.6. The summed E-state index contributed by atoms with van der Waals surface area (Å²) in [6.45, 7) is 10.9. The molecule has 1 aliphatic carbocycles. The lowest BCUT2D eigenvalue weighted by molar-refractivity contribution is -0.139. The third kappa shape index (κ3) is 7.84. The van der Waals surface area contributed by atoms with Gasteiger partial charge in [0, 0.05) is 26.2 Å². The number of para-hydroxylation sites is 1. The Morgan fingerprint density at radius 1 is 1.00 bits per heavy atom. The average Bonchev–Trinajstić information content (AvgIpc) is 3.47. The summed E-state index contributed by atoms with van der Waals surface area (Å²) >= 11 is 0. The van der Waals surface area contributed by atoms with Crippen LogP contribution < -0.4 is 26.0 Å². The molecule has 4 N–H and O–H groups in total. The highest BCUT2D eigenvalue weighted by Crippen LogP contribution is 2.31. The normalized spacial score (nSPS) is 26.1. The van der Waals surface area contributed by atoms with Crippen LogP contribution in [0.1, 0.15) is 70.2 Å². The summed E-state index contributed by atoms with van der Waals surface area (Å²) in [5.74, 6) is -2.12. The lowest BCUT2D eigenvalue weighted by Crippen LogP contribution is -2.63. The van der Waals surface area contributed by atoms with Gasteiger partial charge in [-0.2, -0.15) is 0 Å². The van der Waals surface area contributed by atoms with Crippen molar-refractivity contribution >= 4 is 29.5 Å². The van der Waals surface area contributed by atoms with Crippen LogP contribution in [0.25, 0.3) is 0 Å². The van der Waals surface area contributed by atoms with E-state index in [0.29, 0.717) is 39.0 Å². The highest BCUT2D eigenvalue weighted by atomic mass is 16.5. The van der Waals surface area contributed by atoms with E-state index in [1.165, 1.54) is 0 Å². The molecule has 1 saturated carbocycles. The monoisotopic (exact) mass is 598 g/mol. The van der Waals surface area contributed by atoms with E-state index in [9.17, 15) is 24.0 Å². The van der Waals surface area contributed by atoms with Gasteiger partial charge in [-0.15, -0.1) is 0 Å². The van der Waals surface area contributed by atoms with Crippen molar-refractivity contribution in [1.82, 2.24) is 31.1 Å². The summed E-state index contributed by atoms with van der Waals surface area (Å²) in [6, 6.07) is 4.25. The molecule has 12 heteroatoms. The number of ether oxygens (including phenoxy) is 1. The number of piperazine rings is 1. The molecule has 4 rings (SSSR count). The van der Waals surface area contributed by atoms with Gasteiger partial charge in [-0.1, -0.05) is 45.7 Å². The quantitative estimate of drug-likeness (QED) is 0.402. The average molecular weight is 599 g/mol. The number of rotatable bonds is 3. The summed E-state index contributed by atoms with van der Waals surface area (Å²) < 4.78 is 5.95. The highest BCUT2D eigenvalue weighted by Gasteiger charge is 2.45. The zero-order chi connectivity index (χ0) is 31.1. The van der Waals surface area contributed by atoms with E-state index in [-0.39, 0.29) is 42.1 Å². The Bertz CT molecular complexity index is 1190. The molecule has 0 radical (unpaired) electrons. The molecule has 43 heavy (non-hydrogen) atoms. The Morgan fingerprint density at radius 3 is 2.33 bits per heavy atom. The molecule has 1 aromatic carbocycles. The fraction of sp³-hybridized carbons (Fsp3) is 0.645. The van der Waals surface area contributed by atoms with Gasteiger partial charge in [0.2, 0.25) is 23.6 Å². The van der Waals surface area contributed by atoms with E-state index in [1.54, 1.807) is 36.1 Å². The number of nitrogens with one attached hydrogen (secondary N) is 4. The van der Waals surface area contributed by atoms with Crippen molar-refractivity contribution in [2.45, 2.75) is 83.5 Å². The largest absolute Gasteiger partial charge is 0.491 e. The van der Waals surface area contributed by atoms with Crippen molar-refractivity contribution in [2.24, 2.45) is 5.92 Å². The standard InChI is InChI=1S/C31H46N6O6/c1-5-36-14-16-37(17-15-36)29(41)23-18-25(38)35-31(12-8-9-13-31)30(42)34-26(20(2)3)28(40)32-21(4)19-43-24-11-7-6-10-22(24)27(39)33-23/h6-7,10-11,20-21,23,26H,5,8-9,12-19H2,1-4H3,(H,32,40)(H,33,39)(H,34,42)(H,35,38)/t21-,23-,26+/m0/s1. The Morgan fingerprint density at radius 2 is 1.67 bits per heavy atom. The second kappa shape index (κ2) is 14.2. The van der Waals surface area contributed by atoms with E-state index in [2.05, 4.69) is 33.1 Å². The minimum absolute atomic E-state index is 0.0723. The third-order valence-electron chi connectivity index (χ3n) is 8.64. The van der Waals surface area contributed by atoms with Crippen molar-refractivity contribution in [1.29, 1.82) is 0 Å². The van der Waals surface area contributed by atoms with Crippen molar-refractivity contribution in [3.63, 3.8) is 0 Å². The molecule has 12 nitrogen and oxygen atoms in total. The van der Waals surface area contributed by atoms with E-state index >= 15 is 0 Å². The van der Waals surface area contributed by atoms with E-state index in [0.717, 1.165) is 19.4 Å². The molecule has 5 amide bonds. The lowest BCUT2D eigenvalue weighted by Gasteiger charge is -2.36. The number of carbonyl (C=O) groups excluding carboxylic acids is 5. The number of amides is 5. The fourth-order valence-electron chi connectivity index (χ4n) is 6.02. The minimum atomic E-state index is -1.20. The van der Waals surface area contributed by atoms with Gasteiger partial charge in [-0.3, -0.25) is 24.0 Å². The first-order valence-corrected chi connectivity index (χ1v) is 15.5. The Balaban J connectivity index is 1.66. The maximum atomic E-state index is 13.8. The van der Waals surface area contributed by atoms with Crippen LogP contribution in [0.4, 0.5) is 0 Å². The molecule has 0 aromatic heterocycles. The molecule has 2 fully saturated rings. The summed E-state index contributed by atoms with van der Waals surface area (Å²) in [6.07, 6.45) is 1.97. The first-order valence-electron chi connectivity index (χ1n) is 15.5. The van der Waals surface area contributed by atoms with Crippen LogP contribution in [0, 0.1) is 5.92 Å². The molecule has 2 heterocycles.